The minimum absolute atomic E-state index is 0.0990. The van der Waals surface area contributed by atoms with E-state index in [0.29, 0.717) is 12.2 Å². The van der Waals surface area contributed by atoms with Gasteiger partial charge in [-0.05, 0) is 19.4 Å². The molecule has 0 saturated carbocycles. The van der Waals surface area contributed by atoms with E-state index in [4.69, 9.17) is 9.26 Å². The van der Waals surface area contributed by atoms with Gasteiger partial charge in [-0.3, -0.25) is 4.79 Å². The number of amides is 1. The largest absolute Gasteiger partial charge is 0.463 e. The van der Waals surface area contributed by atoms with Gasteiger partial charge in [0, 0.05) is 37.5 Å². The van der Waals surface area contributed by atoms with Crippen LogP contribution in [0.15, 0.2) is 29.0 Å². The van der Waals surface area contributed by atoms with Crippen molar-refractivity contribution in [1.82, 2.24) is 20.0 Å². The van der Waals surface area contributed by atoms with Crippen LogP contribution in [0.3, 0.4) is 0 Å². The summed E-state index contributed by atoms with van der Waals surface area (Å²) in [4.78, 5) is 21.9. The summed E-state index contributed by atoms with van der Waals surface area (Å²) >= 11 is 0. The first-order valence-corrected chi connectivity index (χ1v) is 9.91. The van der Waals surface area contributed by atoms with E-state index in [1.54, 1.807) is 31.5 Å². The van der Waals surface area contributed by atoms with Crippen LogP contribution in [-0.4, -0.2) is 64.5 Å². The number of hydrogen-bond acceptors (Lipinski definition) is 8. The van der Waals surface area contributed by atoms with Gasteiger partial charge in [0.2, 0.25) is 0 Å². The van der Waals surface area contributed by atoms with Crippen molar-refractivity contribution in [2.45, 2.75) is 18.1 Å². The standard InChI is InChI=1S/C16H18N4O5S/c1-11-7-13(19-25-11)14(21)20-9-16(10-20)12(3-6-26(16,22)23)8-24-15-17-4-2-5-18-15/h2,4-5,7,12H,3,6,8-10H2,1H3/t12-/m1/s1. The molecule has 2 aliphatic rings. The molecule has 2 aromatic rings. The summed E-state index contributed by atoms with van der Waals surface area (Å²) in [5, 5.41) is 3.71. The Labute approximate surface area is 150 Å². The van der Waals surface area contributed by atoms with Crippen molar-refractivity contribution in [2.24, 2.45) is 5.92 Å². The van der Waals surface area contributed by atoms with Gasteiger partial charge in [-0.25, -0.2) is 18.4 Å². The van der Waals surface area contributed by atoms with E-state index in [-0.39, 0.29) is 49.0 Å². The van der Waals surface area contributed by atoms with E-state index in [1.165, 1.54) is 4.90 Å². The minimum atomic E-state index is -3.31. The highest BCUT2D eigenvalue weighted by Crippen LogP contribution is 2.45. The summed E-state index contributed by atoms with van der Waals surface area (Å²) in [5.74, 6) is 0.105. The second-order valence-corrected chi connectivity index (χ2v) is 9.15. The Hall–Kier alpha value is -2.49. The fourth-order valence-electron chi connectivity index (χ4n) is 3.62. The number of sulfone groups is 1. The molecule has 0 bridgehead atoms. The lowest BCUT2D eigenvalue weighted by atomic mass is 9.83. The van der Waals surface area contributed by atoms with Crippen LogP contribution < -0.4 is 4.74 Å². The Kier molecular flexibility index (Phi) is 3.94. The van der Waals surface area contributed by atoms with E-state index >= 15 is 0 Å². The second kappa shape index (κ2) is 6.04. The van der Waals surface area contributed by atoms with Crippen LogP contribution >= 0.6 is 0 Å². The predicted octanol–water partition coefficient (Wildman–Crippen LogP) is 0.481. The number of aromatic nitrogens is 3. The molecule has 2 saturated heterocycles. The zero-order chi connectivity index (χ0) is 18.4. The van der Waals surface area contributed by atoms with Crippen LogP contribution in [0.5, 0.6) is 6.01 Å². The normalized spacial score (nSPS) is 23.0. The van der Waals surface area contributed by atoms with Gasteiger partial charge in [0.25, 0.3) is 5.91 Å². The molecule has 4 rings (SSSR count). The summed E-state index contributed by atoms with van der Waals surface area (Å²) in [7, 11) is -3.31. The van der Waals surface area contributed by atoms with Crippen LogP contribution in [0.4, 0.5) is 0 Å². The highest BCUT2D eigenvalue weighted by molar-refractivity contribution is 7.93. The van der Waals surface area contributed by atoms with Crippen LogP contribution in [-0.2, 0) is 9.84 Å². The van der Waals surface area contributed by atoms with Gasteiger partial charge in [-0.2, -0.15) is 0 Å². The molecule has 0 N–H and O–H groups in total. The zero-order valence-corrected chi connectivity index (χ0v) is 15.0. The molecular formula is C16H18N4O5S. The van der Waals surface area contributed by atoms with E-state index in [2.05, 4.69) is 15.1 Å². The van der Waals surface area contributed by atoms with Crippen LogP contribution in [0, 0.1) is 12.8 Å². The SMILES string of the molecule is Cc1cc(C(=O)N2CC3(C2)[C@@H](COc2ncccn2)CCS3(=O)=O)no1. The molecule has 26 heavy (non-hydrogen) atoms. The second-order valence-electron chi connectivity index (χ2n) is 6.70. The van der Waals surface area contributed by atoms with Crippen molar-refractivity contribution in [2.75, 3.05) is 25.4 Å². The average Bonchev–Trinajstić information content (AvgIpc) is 3.13. The maximum absolute atomic E-state index is 12.6. The number of ether oxygens (including phenoxy) is 1. The molecule has 2 aliphatic heterocycles. The third kappa shape index (κ3) is 2.64. The van der Waals surface area contributed by atoms with Gasteiger partial charge >= 0.3 is 6.01 Å². The summed E-state index contributed by atoms with van der Waals surface area (Å²) in [5.41, 5.74) is 0.193. The first-order chi connectivity index (χ1) is 12.4. The summed E-state index contributed by atoms with van der Waals surface area (Å²) in [6.07, 6.45) is 3.63. The molecule has 138 valence electrons. The van der Waals surface area contributed by atoms with Crippen molar-refractivity contribution >= 4 is 15.7 Å². The molecule has 1 spiro atoms. The Balaban J connectivity index is 1.47. The number of carbonyl (C=O) groups excluding carboxylic acids is 1. The monoisotopic (exact) mass is 378 g/mol. The molecule has 9 nitrogen and oxygen atoms in total. The molecule has 4 heterocycles. The smallest absolute Gasteiger partial charge is 0.316 e. The van der Waals surface area contributed by atoms with Gasteiger partial charge < -0.3 is 14.2 Å². The molecule has 0 aromatic carbocycles. The van der Waals surface area contributed by atoms with E-state index < -0.39 is 14.6 Å². The number of nitrogens with zero attached hydrogens (tertiary/aromatic N) is 4. The van der Waals surface area contributed by atoms with Crippen molar-refractivity contribution < 1.29 is 22.5 Å². The Morgan fingerprint density at radius 3 is 2.77 bits per heavy atom. The Morgan fingerprint density at radius 2 is 2.12 bits per heavy atom. The quantitative estimate of drug-likeness (QED) is 0.754. The van der Waals surface area contributed by atoms with Gasteiger partial charge in [0.05, 0.1) is 12.4 Å². The predicted molar refractivity (Wildman–Crippen MR) is 89.3 cm³/mol. The van der Waals surface area contributed by atoms with Crippen molar-refractivity contribution in [3.63, 3.8) is 0 Å². The average molecular weight is 378 g/mol. The lowest BCUT2D eigenvalue weighted by molar-refractivity contribution is 0.0394. The van der Waals surface area contributed by atoms with Crippen LogP contribution in [0.2, 0.25) is 0 Å². The van der Waals surface area contributed by atoms with E-state index in [0.717, 1.165) is 0 Å². The van der Waals surface area contributed by atoms with Gasteiger partial charge in [0.1, 0.15) is 10.5 Å². The Bertz CT molecular complexity index is 921. The first kappa shape index (κ1) is 17.0. The molecule has 0 radical (unpaired) electrons. The number of aryl methyl sites for hydroxylation is 1. The maximum Gasteiger partial charge on any atom is 0.316 e. The van der Waals surface area contributed by atoms with Crippen molar-refractivity contribution in [3.05, 3.63) is 36.0 Å². The summed E-state index contributed by atoms with van der Waals surface area (Å²) < 4.78 is 34.8. The number of rotatable bonds is 4. The minimum Gasteiger partial charge on any atom is -0.463 e. The topological polar surface area (TPSA) is 115 Å². The fourth-order valence-corrected chi connectivity index (χ4v) is 6.02. The molecule has 0 aliphatic carbocycles. The van der Waals surface area contributed by atoms with Crippen LogP contribution in [0.25, 0.3) is 0 Å². The summed E-state index contributed by atoms with van der Waals surface area (Å²) in [6, 6.07) is 3.44. The lowest BCUT2D eigenvalue weighted by Gasteiger charge is -2.49. The highest BCUT2D eigenvalue weighted by Gasteiger charge is 2.63. The maximum atomic E-state index is 12.6. The first-order valence-electron chi connectivity index (χ1n) is 8.26. The number of likely N-dealkylation sites (tertiary alicyclic amines) is 1. The van der Waals surface area contributed by atoms with Crippen molar-refractivity contribution in [1.29, 1.82) is 0 Å². The van der Waals surface area contributed by atoms with E-state index in [9.17, 15) is 13.2 Å². The van der Waals surface area contributed by atoms with Gasteiger partial charge in [-0.15, -0.1) is 0 Å². The zero-order valence-electron chi connectivity index (χ0n) is 14.2. The number of hydrogen-bond donors (Lipinski definition) is 0. The fraction of sp³-hybridized carbons (Fsp3) is 0.500. The third-order valence-corrected chi connectivity index (χ3v) is 7.71. The third-order valence-electron chi connectivity index (χ3n) is 5.11. The number of carbonyl (C=O) groups is 1. The molecule has 1 atom stereocenters. The molecule has 0 unspecified atom stereocenters. The molecule has 1 amide bonds. The van der Waals surface area contributed by atoms with Crippen LogP contribution in [0.1, 0.15) is 22.7 Å². The molecule has 2 aromatic heterocycles. The molecule has 2 fully saturated rings. The summed E-state index contributed by atoms with van der Waals surface area (Å²) in [6.45, 7) is 2.18. The molecule has 10 heteroatoms. The lowest BCUT2D eigenvalue weighted by Crippen LogP contribution is -2.69. The highest BCUT2D eigenvalue weighted by atomic mass is 32.2. The van der Waals surface area contributed by atoms with Gasteiger partial charge in [0.15, 0.2) is 15.5 Å². The van der Waals surface area contributed by atoms with Crippen molar-refractivity contribution in [3.8, 4) is 6.01 Å². The molecular weight excluding hydrogens is 360 g/mol. The Morgan fingerprint density at radius 1 is 1.38 bits per heavy atom. The van der Waals surface area contributed by atoms with Gasteiger partial charge in [-0.1, -0.05) is 5.16 Å². The van der Waals surface area contributed by atoms with E-state index in [1.807, 2.05) is 0 Å².